The highest BCUT2D eigenvalue weighted by atomic mass is 16.2. The zero-order valence-electron chi connectivity index (χ0n) is 24.0. The van der Waals surface area contributed by atoms with Crippen molar-refractivity contribution in [1.29, 1.82) is 0 Å². The van der Waals surface area contributed by atoms with Gasteiger partial charge in [0.15, 0.2) is 0 Å². The summed E-state index contributed by atoms with van der Waals surface area (Å²) in [6.45, 7) is 13.1. The van der Waals surface area contributed by atoms with Gasteiger partial charge in [0, 0.05) is 25.4 Å². The van der Waals surface area contributed by atoms with Gasteiger partial charge in [-0.3, -0.25) is 9.59 Å². The quantitative estimate of drug-likeness (QED) is 0.308. The van der Waals surface area contributed by atoms with E-state index in [1.54, 1.807) is 4.90 Å². The molecule has 0 unspecified atom stereocenters. The minimum Gasteiger partial charge on any atom is -0.352 e. The van der Waals surface area contributed by atoms with Crippen LogP contribution >= 0.6 is 0 Å². The molecule has 0 aliphatic rings. The largest absolute Gasteiger partial charge is 0.352 e. The number of rotatable bonds is 11. The molecule has 0 aliphatic carbocycles. The Morgan fingerprint density at radius 1 is 0.842 bits per heavy atom. The maximum absolute atomic E-state index is 13.9. The first-order chi connectivity index (χ1) is 18.1. The Morgan fingerprint density at radius 3 is 2.03 bits per heavy atom. The van der Waals surface area contributed by atoms with Crippen LogP contribution in [0.15, 0.2) is 78.9 Å². The molecule has 3 rings (SSSR count). The molecule has 3 aromatic rings. The van der Waals surface area contributed by atoms with Crippen molar-refractivity contribution in [2.75, 3.05) is 0 Å². The molecule has 2 atom stereocenters. The van der Waals surface area contributed by atoms with E-state index in [1.165, 1.54) is 11.1 Å². The van der Waals surface area contributed by atoms with Gasteiger partial charge in [-0.25, -0.2) is 0 Å². The maximum atomic E-state index is 13.9. The van der Waals surface area contributed by atoms with Crippen molar-refractivity contribution in [2.24, 2.45) is 0 Å². The van der Waals surface area contributed by atoms with Gasteiger partial charge in [-0.05, 0) is 54.4 Å². The highest BCUT2D eigenvalue weighted by Crippen LogP contribution is 2.23. The van der Waals surface area contributed by atoms with Crippen molar-refractivity contribution >= 4 is 11.8 Å². The molecular weight excluding hydrogens is 468 g/mol. The van der Waals surface area contributed by atoms with E-state index in [1.807, 2.05) is 49.4 Å². The van der Waals surface area contributed by atoms with Gasteiger partial charge < -0.3 is 10.2 Å². The zero-order valence-corrected chi connectivity index (χ0v) is 24.0. The van der Waals surface area contributed by atoms with Crippen molar-refractivity contribution in [2.45, 2.75) is 91.3 Å². The number of carbonyl (C=O) groups excluding carboxylic acids is 2. The number of hydrogen-bond acceptors (Lipinski definition) is 2. The summed E-state index contributed by atoms with van der Waals surface area (Å²) in [7, 11) is 0. The van der Waals surface area contributed by atoms with Crippen LogP contribution in [0.2, 0.25) is 0 Å². The molecule has 0 bridgehead atoms. The van der Waals surface area contributed by atoms with Gasteiger partial charge in [-0.1, -0.05) is 112 Å². The summed E-state index contributed by atoms with van der Waals surface area (Å²) in [6, 6.07) is 26.2. The van der Waals surface area contributed by atoms with Gasteiger partial charge >= 0.3 is 0 Å². The Balaban J connectivity index is 1.88. The molecular formula is C34H44N2O2. The van der Waals surface area contributed by atoms with Crippen LogP contribution in [0.25, 0.3) is 0 Å². The number of hydrogen-bond donors (Lipinski definition) is 1. The molecule has 0 aromatic heterocycles. The maximum Gasteiger partial charge on any atom is 0.243 e. The van der Waals surface area contributed by atoms with Crippen molar-refractivity contribution in [3.8, 4) is 0 Å². The van der Waals surface area contributed by atoms with Crippen LogP contribution in [-0.2, 0) is 34.4 Å². The number of nitrogens with one attached hydrogen (secondary N) is 1. The fourth-order valence-corrected chi connectivity index (χ4v) is 4.45. The van der Waals surface area contributed by atoms with Gasteiger partial charge in [0.2, 0.25) is 11.8 Å². The molecule has 3 aromatic carbocycles. The smallest absolute Gasteiger partial charge is 0.243 e. The second-order valence-electron chi connectivity index (χ2n) is 11.5. The summed E-state index contributed by atoms with van der Waals surface area (Å²) in [5.74, 6) is -0.107. The van der Waals surface area contributed by atoms with E-state index < -0.39 is 6.04 Å². The van der Waals surface area contributed by atoms with Gasteiger partial charge in [0.1, 0.15) is 6.04 Å². The summed E-state index contributed by atoms with van der Waals surface area (Å²) in [5, 5.41) is 3.14. The molecule has 1 N–H and O–H groups in total. The summed E-state index contributed by atoms with van der Waals surface area (Å²) in [5.41, 5.74) is 5.72. The molecule has 38 heavy (non-hydrogen) atoms. The van der Waals surface area contributed by atoms with Crippen molar-refractivity contribution in [3.63, 3.8) is 0 Å². The number of benzene rings is 3. The van der Waals surface area contributed by atoms with Crippen LogP contribution in [0, 0.1) is 6.92 Å². The topological polar surface area (TPSA) is 49.4 Å². The van der Waals surface area contributed by atoms with Crippen LogP contribution in [-0.4, -0.2) is 28.8 Å². The number of aryl methyl sites for hydroxylation is 2. The van der Waals surface area contributed by atoms with Crippen molar-refractivity contribution in [3.05, 3.63) is 107 Å². The van der Waals surface area contributed by atoms with Crippen LogP contribution in [0.3, 0.4) is 0 Å². The highest BCUT2D eigenvalue weighted by molar-refractivity contribution is 5.88. The SMILES string of the molecule is CC[C@@H](C)NC(=O)[C@H](Cc1ccccc1)N(Cc1ccc(C)cc1)C(=O)CCc1ccc(C(C)(C)C)cc1. The molecule has 0 radical (unpaired) electrons. The molecule has 0 fully saturated rings. The van der Waals surface area contributed by atoms with Gasteiger partial charge in [-0.2, -0.15) is 0 Å². The molecule has 0 aliphatic heterocycles. The molecule has 4 heteroatoms. The first kappa shape index (κ1) is 29.2. The second kappa shape index (κ2) is 13.4. The van der Waals surface area contributed by atoms with E-state index in [0.717, 1.165) is 23.1 Å². The lowest BCUT2D eigenvalue weighted by Crippen LogP contribution is -2.52. The average Bonchev–Trinajstić information content (AvgIpc) is 2.90. The molecule has 4 nitrogen and oxygen atoms in total. The van der Waals surface area contributed by atoms with Crippen LogP contribution in [0.1, 0.15) is 75.3 Å². The van der Waals surface area contributed by atoms with E-state index in [9.17, 15) is 9.59 Å². The second-order valence-corrected chi connectivity index (χ2v) is 11.5. The fraction of sp³-hybridized carbons (Fsp3) is 0.412. The fourth-order valence-electron chi connectivity index (χ4n) is 4.45. The lowest BCUT2D eigenvalue weighted by Gasteiger charge is -2.32. The summed E-state index contributed by atoms with van der Waals surface area (Å²) >= 11 is 0. The van der Waals surface area contributed by atoms with Crippen LogP contribution in [0.4, 0.5) is 0 Å². The minimum atomic E-state index is -0.594. The van der Waals surface area contributed by atoms with E-state index in [4.69, 9.17) is 0 Å². The minimum absolute atomic E-state index is 0.00861. The number of nitrogens with zero attached hydrogens (tertiary/aromatic N) is 1. The molecule has 0 spiro atoms. The third-order valence-corrected chi connectivity index (χ3v) is 7.19. The summed E-state index contributed by atoms with van der Waals surface area (Å²) < 4.78 is 0. The number of amides is 2. The number of carbonyl (C=O) groups is 2. The van der Waals surface area contributed by atoms with Gasteiger partial charge in [-0.15, -0.1) is 0 Å². The van der Waals surface area contributed by atoms with E-state index in [2.05, 4.69) is 76.3 Å². The highest BCUT2D eigenvalue weighted by Gasteiger charge is 2.30. The van der Waals surface area contributed by atoms with Crippen LogP contribution in [0.5, 0.6) is 0 Å². The Kier molecular flexibility index (Phi) is 10.3. The third-order valence-electron chi connectivity index (χ3n) is 7.19. The molecule has 202 valence electrons. The lowest BCUT2D eigenvalue weighted by atomic mass is 9.86. The van der Waals surface area contributed by atoms with E-state index in [-0.39, 0.29) is 23.3 Å². The van der Waals surface area contributed by atoms with Crippen molar-refractivity contribution in [1.82, 2.24) is 10.2 Å². The third kappa shape index (κ3) is 8.58. The average molecular weight is 513 g/mol. The normalized spacial score (nSPS) is 13.0. The van der Waals surface area contributed by atoms with Gasteiger partial charge in [0.25, 0.3) is 0 Å². The van der Waals surface area contributed by atoms with Crippen molar-refractivity contribution < 1.29 is 9.59 Å². The first-order valence-corrected chi connectivity index (χ1v) is 13.9. The Bertz CT molecular complexity index is 1160. The predicted octanol–water partition coefficient (Wildman–Crippen LogP) is 6.78. The molecule has 0 saturated carbocycles. The lowest BCUT2D eigenvalue weighted by molar-refractivity contribution is -0.141. The molecule has 0 saturated heterocycles. The monoisotopic (exact) mass is 512 g/mol. The van der Waals surface area contributed by atoms with Gasteiger partial charge in [0.05, 0.1) is 0 Å². The summed E-state index contributed by atoms with van der Waals surface area (Å²) in [4.78, 5) is 29.2. The van der Waals surface area contributed by atoms with Crippen LogP contribution < -0.4 is 5.32 Å². The Labute approximate surface area is 229 Å². The van der Waals surface area contributed by atoms with E-state index in [0.29, 0.717) is 25.8 Å². The molecule has 0 heterocycles. The first-order valence-electron chi connectivity index (χ1n) is 13.9. The molecule has 2 amide bonds. The Hall–Kier alpha value is -3.40. The Morgan fingerprint density at radius 2 is 1.45 bits per heavy atom. The standard InChI is InChI=1S/C34H44N2O2/c1-7-26(3)35-33(38)31(23-28-11-9-8-10-12-28)36(24-29-15-13-25(2)14-16-29)32(37)22-19-27-17-20-30(21-18-27)34(4,5)6/h8-18,20-21,26,31H,7,19,22-24H2,1-6H3,(H,35,38)/t26-,31+/m1/s1. The zero-order chi connectivity index (χ0) is 27.7. The van der Waals surface area contributed by atoms with E-state index >= 15 is 0 Å². The summed E-state index contributed by atoms with van der Waals surface area (Å²) in [6.07, 6.45) is 2.29. The predicted molar refractivity (Wildman–Crippen MR) is 157 cm³/mol.